The Kier molecular flexibility index (Phi) is 11.0. The Morgan fingerprint density at radius 3 is 2.39 bits per heavy atom. The van der Waals surface area contributed by atoms with Gasteiger partial charge in [-0.3, -0.25) is 9.69 Å². The van der Waals surface area contributed by atoms with Crippen LogP contribution in [-0.4, -0.2) is 55.9 Å². The summed E-state index contributed by atoms with van der Waals surface area (Å²) >= 11 is 0. The van der Waals surface area contributed by atoms with Crippen molar-refractivity contribution in [3.8, 4) is 0 Å². The molecule has 162 valence electrons. The third-order valence-electron chi connectivity index (χ3n) is 4.76. The van der Waals surface area contributed by atoms with Crippen LogP contribution < -0.4 is 11.1 Å². The molecule has 1 heterocycles. The second-order valence-electron chi connectivity index (χ2n) is 7.95. The average molecular weight is 454 g/mol. The molecule has 1 atom stereocenters. The van der Waals surface area contributed by atoms with Gasteiger partial charge in [-0.25, -0.2) is 8.42 Å². The van der Waals surface area contributed by atoms with Crippen molar-refractivity contribution in [3.63, 3.8) is 0 Å². The van der Waals surface area contributed by atoms with E-state index in [0.717, 1.165) is 12.0 Å². The van der Waals surface area contributed by atoms with E-state index in [0.29, 0.717) is 37.7 Å². The summed E-state index contributed by atoms with van der Waals surface area (Å²) in [6.07, 6.45) is 0.817. The molecule has 28 heavy (non-hydrogen) atoms. The van der Waals surface area contributed by atoms with Gasteiger partial charge in [0.2, 0.25) is 0 Å². The molecule has 0 spiro atoms. The van der Waals surface area contributed by atoms with Crippen molar-refractivity contribution < 1.29 is 13.2 Å². The van der Waals surface area contributed by atoms with Crippen molar-refractivity contribution in [1.29, 1.82) is 0 Å². The SMILES string of the molecule is CC(C)CC(C)(CN)NC(=O)c1cccc(CN2CCS(=O)(=O)CC2)c1.Cl.Cl. The van der Waals surface area contributed by atoms with Gasteiger partial charge < -0.3 is 11.1 Å². The number of carbonyl (C=O) groups excluding carboxylic acids is 1. The Hall–Kier alpha value is -0.860. The van der Waals surface area contributed by atoms with Crippen LogP contribution in [-0.2, 0) is 16.4 Å². The number of benzene rings is 1. The van der Waals surface area contributed by atoms with Crippen LogP contribution in [0.3, 0.4) is 0 Å². The van der Waals surface area contributed by atoms with Gasteiger partial charge in [-0.15, -0.1) is 24.8 Å². The van der Waals surface area contributed by atoms with Crippen molar-refractivity contribution in [3.05, 3.63) is 35.4 Å². The quantitative estimate of drug-likeness (QED) is 0.660. The van der Waals surface area contributed by atoms with Crippen LogP contribution in [0.4, 0.5) is 0 Å². The second kappa shape index (κ2) is 11.4. The Labute approximate surface area is 181 Å². The highest BCUT2D eigenvalue weighted by Gasteiger charge is 2.26. The lowest BCUT2D eigenvalue weighted by Crippen LogP contribution is -2.52. The molecule has 1 unspecified atom stereocenters. The molecule has 1 fully saturated rings. The van der Waals surface area contributed by atoms with E-state index in [1.165, 1.54) is 0 Å². The van der Waals surface area contributed by atoms with Gasteiger partial charge >= 0.3 is 0 Å². The van der Waals surface area contributed by atoms with Crippen LogP contribution in [0.2, 0.25) is 0 Å². The summed E-state index contributed by atoms with van der Waals surface area (Å²) in [5.41, 5.74) is 7.08. The zero-order valence-corrected chi connectivity index (χ0v) is 19.3. The summed E-state index contributed by atoms with van der Waals surface area (Å²) in [6.45, 7) is 8.31. The van der Waals surface area contributed by atoms with E-state index in [9.17, 15) is 13.2 Å². The van der Waals surface area contributed by atoms with E-state index in [2.05, 4.69) is 24.1 Å². The minimum Gasteiger partial charge on any atom is -0.346 e. The Morgan fingerprint density at radius 1 is 1.25 bits per heavy atom. The molecule has 1 saturated heterocycles. The second-order valence-corrected chi connectivity index (χ2v) is 10.2. The number of amides is 1. The number of hydrogen-bond acceptors (Lipinski definition) is 5. The number of rotatable bonds is 7. The molecule has 1 aromatic carbocycles. The Balaban J connectivity index is 0.00000364. The van der Waals surface area contributed by atoms with E-state index in [1.807, 2.05) is 25.1 Å². The van der Waals surface area contributed by atoms with Crippen molar-refractivity contribution in [1.82, 2.24) is 10.2 Å². The van der Waals surface area contributed by atoms with Gasteiger partial charge in [0.15, 0.2) is 9.84 Å². The van der Waals surface area contributed by atoms with E-state index in [4.69, 9.17) is 5.73 Å². The summed E-state index contributed by atoms with van der Waals surface area (Å²) in [4.78, 5) is 14.8. The smallest absolute Gasteiger partial charge is 0.251 e. The van der Waals surface area contributed by atoms with Crippen LogP contribution in [0.25, 0.3) is 0 Å². The summed E-state index contributed by atoms with van der Waals surface area (Å²) in [7, 11) is -2.88. The van der Waals surface area contributed by atoms with Crippen molar-refractivity contribution in [2.24, 2.45) is 11.7 Å². The van der Waals surface area contributed by atoms with E-state index in [-0.39, 0.29) is 42.2 Å². The van der Waals surface area contributed by atoms with Gasteiger partial charge in [0.1, 0.15) is 0 Å². The molecule has 0 bridgehead atoms. The standard InChI is InChI=1S/C19H31N3O3S.2ClH/c1-15(2)12-19(3,14-20)21-18(23)17-6-4-5-16(11-17)13-22-7-9-26(24,25)10-8-22;;/h4-6,11,15H,7-10,12-14,20H2,1-3H3,(H,21,23);2*1H. The molecule has 6 nitrogen and oxygen atoms in total. The summed E-state index contributed by atoms with van der Waals surface area (Å²) in [6, 6.07) is 7.51. The van der Waals surface area contributed by atoms with Crippen LogP contribution in [0, 0.1) is 5.92 Å². The summed E-state index contributed by atoms with van der Waals surface area (Å²) in [5.74, 6) is 0.723. The molecular formula is C19H33Cl2N3O3S. The first-order chi connectivity index (χ1) is 12.1. The zero-order chi connectivity index (χ0) is 19.4. The maximum absolute atomic E-state index is 12.7. The van der Waals surface area contributed by atoms with Gasteiger partial charge in [-0.05, 0) is 37.0 Å². The minimum absolute atomic E-state index is 0. The fraction of sp³-hybridized carbons (Fsp3) is 0.632. The van der Waals surface area contributed by atoms with Crippen LogP contribution in [0.15, 0.2) is 24.3 Å². The Bertz CT molecular complexity index is 730. The number of halogens is 2. The Morgan fingerprint density at radius 2 is 1.86 bits per heavy atom. The number of sulfone groups is 1. The normalized spacial score (nSPS) is 18.5. The zero-order valence-electron chi connectivity index (χ0n) is 16.8. The number of nitrogens with zero attached hydrogens (tertiary/aromatic N) is 1. The number of hydrogen-bond donors (Lipinski definition) is 2. The minimum atomic E-state index is -2.88. The third kappa shape index (κ3) is 8.25. The van der Waals surface area contributed by atoms with Crippen molar-refractivity contribution in [2.75, 3.05) is 31.1 Å². The van der Waals surface area contributed by atoms with Crippen molar-refractivity contribution >= 4 is 40.6 Å². The highest BCUT2D eigenvalue weighted by atomic mass is 35.5. The van der Waals surface area contributed by atoms with Gasteiger partial charge in [-0.2, -0.15) is 0 Å². The summed E-state index contributed by atoms with van der Waals surface area (Å²) < 4.78 is 23.1. The molecule has 1 aliphatic heterocycles. The summed E-state index contributed by atoms with van der Waals surface area (Å²) in [5, 5.41) is 3.08. The number of carbonyl (C=O) groups is 1. The molecule has 1 aliphatic rings. The van der Waals surface area contributed by atoms with Gasteiger partial charge in [0, 0.05) is 37.3 Å². The molecule has 3 N–H and O–H groups in total. The maximum atomic E-state index is 12.7. The van der Waals surface area contributed by atoms with Gasteiger partial charge in [0.25, 0.3) is 5.91 Å². The fourth-order valence-corrected chi connectivity index (χ4v) is 4.69. The first kappa shape index (κ1) is 27.1. The first-order valence-electron chi connectivity index (χ1n) is 9.17. The lowest BCUT2D eigenvalue weighted by molar-refractivity contribution is 0.0898. The molecule has 1 aromatic rings. The van der Waals surface area contributed by atoms with Gasteiger partial charge in [-0.1, -0.05) is 26.0 Å². The molecular weight excluding hydrogens is 421 g/mol. The molecule has 0 aromatic heterocycles. The highest BCUT2D eigenvalue weighted by Crippen LogP contribution is 2.17. The lowest BCUT2D eigenvalue weighted by atomic mass is 9.90. The van der Waals surface area contributed by atoms with Crippen LogP contribution >= 0.6 is 24.8 Å². The van der Waals surface area contributed by atoms with E-state index in [1.54, 1.807) is 6.07 Å². The van der Waals surface area contributed by atoms with Crippen LogP contribution in [0.5, 0.6) is 0 Å². The topological polar surface area (TPSA) is 92.5 Å². The predicted molar refractivity (Wildman–Crippen MR) is 119 cm³/mol. The molecule has 9 heteroatoms. The van der Waals surface area contributed by atoms with E-state index < -0.39 is 15.4 Å². The monoisotopic (exact) mass is 453 g/mol. The van der Waals surface area contributed by atoms with E-state index >= 15 is 0 Å². The maximum Gasteiger partial charge on any atom is 0.251 e. The van der Waals surface area contributed by atoms with Gasteiger partial charge in [0.05, 0.1) is 11.5 Å². The lowest BCUT2D eigenvalue weighted by Gasteiger charge is -2.31. The average Bonchev–Trinajstić information content (AvgIpc) is 2.56. The predicted octanol–water partition coefficient (Wildman–Crippen LogP) is 2.25. The van der Waals surface area contributed by atoms with Crippen molar-refractivity contribution in [2.45, 2.75) is 39.3 Å². The highest BCUT2D eigenvalue weighted by molar-refractivity contribution is 7.91. The number of nitrogens with two attached hydrogens (primary N) is 1. The third-order valence-corrected chi connectivity index (χ3v) is 6.37. The largest absolute Gasteiger partial charge is 0.346 e. The molecule has 0 radical (unpaired) electrons. The molecule has 1 amide bonds. The first-order valence-corrected chi connectivity index (χ1v) is 11.0. The molecule has 0 saturated carbocycles. The fourth-order valence-electron chi connectivity index (χ4n) is 3.41. The number of nitrogens with one attached hydrogen (secondary N) is 1. The molecule has 2 rings (SSSR count). The molecule has 0 aliphatic carbocycles. The van der Waals surface area contributed by atoms with Crippen LogP contribution in [0.1, 0.15) is 43.1 Å².